The Hall–Kier alpha value is -7.19. The number of pyridine rings is 1. The van der Waals surface area contributed by atoms with E-state index in [1.807, 2.05) is 12.1 Å². The number of aromatic nitrogens is 1. The van der Waals surface area contributed by atoms with Crippen LogP contribution < -0.4 is 9.80 Å². The molecule has 8 heteroatoms. The molecule has 0 unspecified atom stereocenters. The van der Waals surface area contributed by atoms with E-state index in [0.717, 1.165) is 70.5 Å². The number of rotatable bonds is 9. The molecule has 9 aromatic rings. The van der Waals surface area contributed by atoms with Gasteiger partial charge in [0.25, 0.3) is 0 Å². The summed E-state index contributed by atoms with van der Waals surface area (Å²) in [5, 5.41) is 10.6. The van der Waals surface area contributed by atoms with Crippen LogP contribution in [-0.4, -0.2) is 66.1 Å². The molecular weight excluding hydrogens is 1010 g/mol. The van der Waals surface area contributed by atoms with Crippen LogP contribution in [0.2, 0.25) is 0 Å². The number of anilines is 2. The summed E-state index contributed by atoms with van der Waals surface area (Å²) in [6.45, 7) is 8.35. The number of carboxylic acids is 1. The Balaban J connectivity index is 0.000000521. The van der Waals surface area contributed by atoms with Crippen LogP contribution in [0.5, 0.6) is 0 Å². The summed E-state index contributed by atoms with van der Waals surface area (Å²) >= 11 is 0. The molecule has 0 saturated carbocycles. The topological polar surface area (TPSA) is 63.2 Å². The monoisotopic (exact) mass is 1060 g/mol. The minimum Gasteiger partial charge on any atom is -0.521 e. The van der Waals surface area contributed by atoms with E-state index in [-0.39, 0.29) is 25.7 Å². The number of likely N-dealkylation sites (N-methyl/N-ethyl adjacent to an activating group) is 2. The van der Waals surface area contributed by atoms with Gasteiger partial charge in [0.2, 0.25) is 5.97 Å². The number of benzene rings is 8. The van der Waals surface area contributed by atoms with Crippen LogP contribution in [-0.2, 0) is 20.1 Å². The molecule has 0 spiro atoms. The average molecular weight is 1060 g/mol. The molecule has 1 aromatic heterocycles. The van der Waals surface area contributed by atoms with E-state index < -0.39 is 5.97 Å². The quantitative estimate of drug-likeness (QED) is 0.145. The molecule has 2 aliphatic rings. The molecule has 2 aliphatic heterocycles. The SMILES string of the molecule is CN1[CH-]N(c2ccccc2-c2cc(-c3ccccc3-c3cnc(-c4[c-]cccc4)c4ccc(-c5ccccc5)cc34)cc(-c3ccccc3N3[CH-]N(C)CC3)c2)CC1.O=C(O)c1[c-]cccc1.[Ir]. The normalized spacial score (nSPS) is 13.8. The largest absolute Gasteiger partial charge is 0.521 e. The van der Waals surface area contributed by atoms with Gasteiger partial charge in [-0.3, -0.25) is 0 Å². The van der Waals surface area contributed by atoms with Crippen LogP contribution in [0, 0.1) is 25.5 Å². The second-order valence-electron chi connectivity index (χ2n) is 17.0. The second-order valence-corrected chi connectivity index (χ2v) is 17.0. The molecule has 3 heterocycles. The van der Waals surface area contributed by atoms with E-state index in [1.165, 1.54) is 50.8 Å². The Kier molecular flexibility index (Phi) is 14.0. The van der Waals surface area contributed by atoms with Crippen LogP contribution in [0.15, 0.2) is 194 Å². The zero-order valence-electron chi connectivity index (χ0n) is 37.9. The van der Waals surface area contributed by atoms with E-state index in [9.17, 15) is 4.79 Å². The number of fused-ring (bicyclic) bond motifs is 1. The summed E-state index contributed by atoms with van der Waals surface area (Å²) < 4.78 is 0. The molecule has 0 atom stereocenters. The van der Waals surface area contributed by atoms with Gasteiger partial charge in [-0.25, -0.2) is 0 Å². The number of aromatic carboxylic acids is 1. The number of para-hydroxylation sites is 2. The molecule has 1 N–H and O–H groups in total. The van der Waals surface area contributed by atoms with Gasteiger partial charge < -0.3 is 34.5 Å². The zero-order valence-corrected chi connectivity index (χ0v) is 40.3. The van der Waals surface area contributed by atoms with Gasteiger partial charge >= 0.3 is 0 Å². The second kappa shape index (κ2) is 20.8. The maximum atomic E-state index is 10.2. The molecule has 11 rings (SSSR count). The van der Waals surface area contributed by atoms with Gasteiger partial charge in [0.05, 0.1) is 0 Å². The maximum absolute atomic E-state index is 10.2. The first-order valence-electron chi connectivity index (χ1n) is 22.6. The van der Waals surface area contributed by atoms with E-state index >= 15 is 0 Å². The number of hydrogen-bond acceptors (Lipinski definition) is 6. The van der Waals surface area contributed by atoms with Crippen molar-refractivity contribution in [2.45, 2.75) is 0 Å². The standard InChI is InChI=1S/C53H44N5.C7H5O2.Ir/c1-55-27-29-57(36-55)51-23-13-11-20-45(51)42-31-41(32-43(33-42)46-21-12-14-24-52(46)58-30-28-56(2)37-58)44-19-9-10-22-47(44)50-35-54-53(39-17-7-4-8-18-39)48-26-25-40(34-49(48)50)38-15-5-3-6-16-38;8-7(9)6-4-2-1-3-5-6;/h3-17,19-26,31-37H,27-30H2,1-2H3;1-4H,(H,8,9);/q-3;-1;. The molecule has 339 valence electrons. The van der Waals surface area contributed by atoms with Crippen molar-refractivity contribution < 1.29 is 30.0 Å². The summed E-state index contributed by atoms with van der Waals surface area (Å²) in [5.74, 6) is -0.935. The number of carbonyl (C=O) groups is 1. The number of nitrogens with zero attached hydrogens (tertiary/aromatic N) is 5. The van der Waals surface area contributed by atoms with E-state index in [2.05, 4.69) is 217 Å². The first kappa shape index (κ1) is 45.9. The minimum absolute atomic E-state index is 0. The Morgan fingerprint density at radius 3 is 1.56 bits per heavy atom. The molecule has 68 heavy (non-hydrogen) atoms. The summed E-state index contributed by atoms with van der Waals surface area (Å²) in [5.41, 5.74) is 16.2. The minimum atomic E-state index is -0.935. The van der Waals surface area contributed by atoms with Crippen molar-refractivity contribution in [1.82, 2.24) is 14.8 Å². The molecule has 7 nitrogen and oxygen atoms in total. The molecule has 0 aliphatic carbocycles. The van der Waals surface area contributed by atoms with Crippen LogP contribution in [0.3, 0.4) is 0 Å². The van der Waals surface area contributed by atoms with Crippen molar-refractivity contribution in [2.24, 2.45) is 0 Å². The number of hydrogen-bond donors (Lipinski definition) is 1. The Morgan fingerprint density at radius 1 is 0.500 bits per heavy atom. The average Bonchev–Trinajstić information content (AvgIpc) is 4.04. The molecular formula is C60H49IrN5O2-4. The van der Waals surface area contributed by atoms with Crippen molar-refractivity contribution in [3.05, 3.63) is 225 Å². The number of carboxylic acid groups (broad SMARTS) is 1. The van der Waals surface area contributed by atoms with Gasteiger partial charge in [0.1, 0.15) is 0 Å². The van der Waals surface area contributed by atoms with Crippen molar-refractivity contribution in [3.8, 4) is 66.9 Å². The zero-order chi connectivity index (χ0) is 45.7. The van der Waals surface area contributed by atoms with E-state index in [4.69, 9.17) is 10.1 Å². The fourth-order valence-electron chi connectivity index (χ4n) is 9.15. The van der Waals surface area contributed by atoms with Crippen molar-refractivity contribution >= 4 is 28.1 Å². The molecule has 0 amide bonds. The smallest absolute Gasteiger partial charge is 0.247 e. The third kappa shape index (κ3) is 9.77. The van der Waals surface area contributed by atoms with Gasteiger partial charge in [-0.2, -0.15) is 13.3 Å². The molecule has 2 fully saturated rings. The van der Waals surface area contributed by atoms with Crippen LogP contribution in [0.1, 0.15) is 10.4 Å². The summed E-state index contributed by atoms with van der Waals surface area (Å²) in [4.78, 5) is 24.6. The summed E-state index contributed by atoms with van der Waals surface area (Å²) in [7, 11) is 4.29. The van der Waals surface area contributed by atoms with Crippen molar-refractivity contribution in [2.75, 3.05) is 50.1 Å². The molecule has 8 aromatic carbocycles. The van der Waals surface area contributed by atoms with Crippen LogP contribution >= 0.6 is 0 Å². The third-order valence-electron chi connectivity index (χ3n) is 12.5. The Bertz CT molecular complexity index is 3100. The van der Waals surface area contributed by atoms with Crippen LogP contribution in [0.4, 0.5) is 11.4 Å². The Morgan fingerprint density at radius 2 is 1.03 bits per heavy atom. The molecule has 1 radical (unpaired) electrons. The predicted molar refractivity (Wildman–Crippen MR) is 274 cm³/mol. The third-order valence-corrected chi connectivity index (χ3v) is 12.5. The van der Waals surface area contributed by atoms with Crippen molar-refractivity contribution in [3.63, 3.8) is 0 Å². The van der Waals surface area contributed by atoms with Gasteiger partial charge in [-0.1, -0.05) is 109 Å². The van der Waals surface area contributed by atoms with Gasteiger partial charge in [-0.15, -0.1) is 66.2 Å². The van der Waals surface area contributed by atoms with Crippen molar-refractivity contribution in [1.29, 1.82) is 0 Å². The first-order chi connectivity index (χ1) is 32.9. The van der Waals surface area contributed by atoms with Gasteiger partial charge in [0.15, 0.2) is 0 Å². The van der Waals surface area contributed by atoms with E-state index in [0.29, 0.717) is 0 Å². The fraction of sp³-hybridized carbons (Fsp3) is 0.100. The molecule has 2 saturated heterocycles. The maximum Gasteiger partial charge on any atom is 0.247 e. The fourth-order valence-corrected chi connectivity index (χ4v) is 9.15. The summed E-state index contributed by atoms with van der Waals surface area (Å²) in [6, 6.07) is 71.7. The Labute approximate surface area is 412 Å². The summed E-state index contributed by atoms with van der Waals surface area (Å²) in [6.07, 6.45) is 2.07. The predicted octanol–water partition coefficient (Wildman–Crippen LogP) is 13.0. The van der Waals surface area contributed by atoms with E-state index in [1.54, 1.807) is 18.2 Å². The first-order valence-corrected chi connectivity index (χ1v) is 22.6. The molecule has 0 bridgehead atoms. The van der Waals surface area contributed by atoms with Crippen LogP contribution in [0.25, 0.3) is 77.7 Å². The van der Waals surface area contributed by atoms with Gasteiger partial charge in [0, 0.05) is 67.5 Å². The van der Waals surface area contributed by atoms with Gasteiger partial charge in [-0.05, 0) is 119 Å².